The summed E-state index contributed by atoms with van der Waals surface area (Å²) < 4.78 is 10.6. The molecule has 84 valence electrons. The second-order valence-corrected chi connectivity index (χ2v) is 3.50. The Labute approximate surface area is 91.2 Å². The number of rotatable bonds is 5. The van der Waals surface area contributed by atoms with E-state index in [2.05, 4.69) is 0 Å². The van der Waals surface area contributed by atoms with Crippen molar-refractivity contribution < 1.29 is 9.47 Å². The highest BCUT2D eigenvalue weighted by Crippen LogP contribution is 2.23. The number of methoxy groups -OCH3 is 1. The van der Waals surface area contributed by atoms with Gasteiger partial charge in [0.1, 0.15) is 5.75 Å². The van der Waals surface area contributed by atoms with Gasteiger partial charge < -0.3 is 15.2 Å². The van der Waals surface area contributed by atoms with Crippen LogP contribution in [0.2, 0.25) is 0 Å². The third-order valence-corrected chi connectivity index (χ3v) is 2.29. The highest BCUT2D eigenvalue weighted by Gasteiger charge is 2.06. The van der Waals surface area contributed by atoms with Gasteiger partial charge in [0.15, 0.2) is 0 Å². The van der Waals surface area contributed by atoms with Gasteiger partial charge in [-0.25, -0.2) is 0 Å². The molecule has 0 heterocycles. The van der Waals surface area contributed by atoms with E-state index in [4.69, 9.17) is 15.2 Å². The molecule has 0 saturated heterocycles. The summed E-state index contributed by atoms with van der Waals surface area (Å²) in [6.45, 7) is 5.21. The lowest BCUT2D eigenvalue weighted by molar-refractivity contribution is 0.132. The number of nitrogens with two attached hydrogens (primary N) is 1. The zero-order valence-electron chi connectivity index (χ0n) is 9.62. The van der Waals surface area contributed by atoms with E-state index in [1.807, 2.05) is 32.0 Å². The van der Waals surface area contributed by atoms with Crippen LogP contribution in [0.1, 0.15) is 31.0 Å². The molecule has 0 amide bonds. The summed E-state index contributed by atoms with van der Waals surface area (Å²) in [6, 6.07) is 6.00. The fourth-order valence-corrected chi connectivity index (χ4v) is 1.41. The molecule has 0 aliphatic rings. The molecule has 1 rings (SSSR count). The van der Waals surface area contributed by atoms with Crippen LogP contribution in [0.15, 0.2) is 18.2 Å². The van der Waals surface area contributed by atoms with Gasteiger partial charge in [0.2, 0.25) is 0 Å². The molecular weight excluding hydrogens is 190 g/mol. The molecule has 3 nitrogen and oxygen atoms in total. The molecule has 0 bridgehead atoms. The summed E-state index contributed by atoms with van der Waals surface area (Å²) >= 11 is 0. The molecule has 0 radical (unpaired) electrons. The molecule has 0 spiro atoms. The Morgan fingerprint density at radius 1 is 1.40 bits per heavy atom. The number of ether oxygens (including phenoxy) is 2. The molecule has 0 aliphatic carbocycles. The third-order valence-electron chi connectivity index (χ3n) is 2.29. The second-order valence-electron chi connectivity index (χ2n) is 3.50. The standard InChI is InChI=1S/C12H19NO2/c1-4-15-8-11-7-10(9(2)13)5-6-12(11)14-3/h5-7,9H,4,8,13H2,1-3H3. The van der Waals surface area contributed by atoms with Crippen molar-refractivity contribution in [2.24, 2.45) is 5.73 Å². The van der Waals surface area contributed by atoms with Crippen molar-refractivity contribution in [3.05, 3.63) is 29.3 Å². The van der Waals surface area contributed by atoms with Crippen molar-refractivity contribution >= 4 is 0 Å². The average Bonchev–Trinajstić information content (AvgIpc) is 2.25. The summed E-state index contributed by atoms with van der Waals surface area (Å²) in [6.07, 6.45) is 0. The number of benzene rings is 1. The normalized spacial score (nSPS) is 12.5. The van der Waals surface area contributed by atoms with Crippen molar-refractivity contribution in [2.45, 2.75) is 26.5 Å². The molecule has 0 saturated carbocycles. The Bertz CT molecular complexity index is 310. The van der Waals surface area contributed by atoms with Crippen LogP contribution in [0.25, 0.3) is 0 Å². The van der Waals surface area contributed by atoms with E-state index in [9.17, 15) is 0 Å². The molecule has 15 heavy (non-hydrogen) atoms. The SMILES string of the molecule is CCOCc1cc(C(C)N)ccc1OC. The molecule has 3 heteroatoms. The topological polar surface area (TPSA) is 44.5 Å². The van der Waals surface area contributed by atoms with Crippen molar-refractivity contribution in [1.29, 1.82) is 0 Å². The maximum atomic E-state index is 5.82. The van der Waals surface area contributed by atoms with Crippen LogP contribution in [0.5, 0.6) is 5.75 Å². The highest BCUT2D eigenvalue weighted by molar-refractivity contribution is 5.37. The molecule has 1 atom stereocenters. The van der Waals surface area contributed by atoms with Crippen LogP contribution < -0.4 is 10.5 Å². The fourth-order valence-electron chi connectivity index (χ4n) is 1.41. The van der Waals surface area contributed by atoms with E-state index in [0.717, 1.165) is 16.9 Å². The van der Waals surface area contributed by atoms with Gasteiger partial charge in [-0.2, -0.15) is 0 Å². The van der Waals surface area contributed by atoms with E-state index >= 15 is 0 Å². The molecule has 1 aromatic rings. The van der Waals surface area contributed by atoms with Crippen LogP contribution in [0.3, 0.4) is 0 Å². The average molecular weight is 209 g/mol. The highest BCUT2D eigenvalue weighted by atomic mass is 16.5. The first-order valence-corrected chi connectivity index (χ1v) is 5.19. The predicted octanol–water partition coefficient (Wildman–Crippen LogP) is 2.25. The second kappa shape index (κ2) is 5.73. The van der Waals surface area contributed by atoms with Gasteiger partial charge >= 0.3 is 0 Å². The molecular formula is C12H19NO2. The van der Waals surface area contributed by atoms with E-state index in [1.165, 1.54) is 0 Å². The fraction of sp³-hybridized carbons (Fsp3) is 0.500. The quantitative estimate of drug-likeness (QED) is 0.809. The van der Waals surface area contributed by atoms with Gasteiger partial charge in [0.25, 0.3) is 0 Å². The summed E-state index contributed by atoms with van der Waals surface area (Å²) in [7, 11) is 1.66. The smallest absolute Gasteiger partial charge is 0.124 e. The molecule has 0 aliphatic heterocycles. The van der Waals surface area contributed by atoms with E-state index in [1.54, 1.807) is 7.11 Å². The van der Waals surface area contributed by atoms with Gasteiger partial charge in [-0.3, -0.25) is 0 Å². The summed E-state index contributed by atoms with van der Waals surface area (Å²) in [5, 5.41) is 0. The van der Waals surface area contributed by atoms with Gasteiger partial charge in [0.05, 0.1) is 13.7 Å². The Balaban J connectivity index is 2.91. The Hall–Kier alpha value is -1.06. The minimum Gasteiger partial charge on any atom is -0.496 e. The minimum absolute atomic E-state index is 0.0382. The number of hydrogen-bond acceptors (Lipinski definition) is 3. The first-order chi connectivity index (χ1) is 7.19. The van der Waals surface area contributed by atoms with Crippen LogP contribution in [-0.2, 0) is 11.3 Å². The van der Waals surface area contributed by atoms with Gasteiger partial charge in [-0.15, -0.1) is 0 Å². The molecule has 1 aromatic carbocycles. The zero-order chi connectivity index (χ0) is 11.3. The molecule has 1 unspecified atom stereocenters. The maximum absolute atomic E-state index is 5.82. The molecule has 0 fully saturated rings. The Morgan fingerprint density at radius 2 is 2.13 bits per heavy atom. The summed E-state index contributed by atoms with van der Waals surface area (Å²) in [4.78, 5) is 0. The largest absolute Gasteiger partial charge is 0.496 e. The van der Waals surface area contributed by atoms with Crippen LogP contribution in [0.4, 0.5) is 0 Å². The predicted molar refractivity (Wildman–Crippen MR) is 60.9 cm³/mol. The van der Waals surface area contributed by atoms with Gasteiger partial charge in [0, 0.05) is 18.2 Å². The molecule has 0 aromatic heterocycles. The molecule has 2 N–H and O–H groups in total. The monoisotopic (exact) mass is 209 g/mol. The van der Waals surface area contributed by atoms with Crippen LogP contribution >= 0.6 is 0 Å². The van der Waals surface area contributed by atoms with Crippen molar-refractivity contribution in [1.82, 2.24) is 0 Å². The Kier molecular flexibility index (Phi) is 4.59. The first-order valence-electron chi connectivity index (χ1n) is 5.19. The van der Waals surface area contributed by atoms with Gasteiger partial charge in [-0.05, 0) is 31.5 Å². The van der Waals surface area contributed by atoms with E-state index < -0.39 is 0 Å². The van der Waals surface area contributed by atoms with Crippen LogP contribution in [0, 0.1) is 0 Å². The lowest BCUT2D eigenvalue weighted by Crippen LogP contribution is -2.06. The van der Waals surface area contributed by atoms with Gasteiger partial charge in [-0.1, -0.05) is 6.07 Å². The number of hydrogen-bond donors (Lipinski definition) is 1. The maximum Gasteiger partial charge on any atom is 0.124 e. The van der Waals surface area contributed by atoms with Crippen LogP contribution in [-0.4, -0.2) is 13.7 Å². The zero-order valence-corrected chi connectivity index (χ0v) is 9.62. The van der Waals surface area contributed by atoms with E-state index in [-0.39, 0.29) is 6.04 Å². The first kappa shape index (κ1) is 12.0. The van der Waals surface area contributed by atoms with E-state index in [0.29, 0.717) is 13.2 Å². The Morgan fingerprint density at radius 3 is 2.67 bits per heavy atom. The van der Waals surface area contributed by atoms with Crippen molar-refractivity contribution in [2.75, 3.05) is 13.7 Å². The third kappa shape index (κ3) is 3.22. The summed E-state index contributed by atoms with van der Waals surface area (Å²) in [5.74, 6) is 0.854. The minimum atomic E-state index is 0.0382. The lowest BCUT2D eigenvalue weighted by atomic mass is 10.1. The van der Waals surface area contributed by atoms with Crippen molar-refractivity contribution in [3.63, 3.8) is 0 Å². The summed E-state index contributed by atoms with van der Waals surface area (Å²) in [5.41, 5.74) is 7.97. The van der Waals surface area contributed by atoms with Crippen molar-refractivity contribution in [3.8, 4) is 5.75 Å². The lowest BCUT2D eigenvalue weighted by Gasteiger charge is -2.12.